The van der Waals surface area contributed by atoms with E-state index in [0.29, 0.717) is 22.9 Å². The predicted molar refractivity (Wildman–Crippen MR) is 116 cm³/mol. The van der Waals surface area contributed by atoms with Crippen LogP contribution in [0, 0.1) is 0 Å². The van der Waals surface area contributed by atoms with Crippen LogP contribution in [0.15, 0.2) is 42.6 Å². The molecule has 0 aliphatic rings. The lowest BCUT2D eigenvalue weighted by Crippen LogP contribution is -2.44. The predicted octanol–water partition coefficient (Wildman–Crippen LogP) is 2.75. The second-order valence-electron chi connectivity index (χ2n) is 6.08. The van der Waals surface area contributed by atoms with Crippen molar-refractivity contribution in [3.8, 4) is 17.2 Å². The van der Waals surface area contributed by atoms with Crippen LogP contribution in [-0.4, -0.2) is 37.3 Å². The number of carbonyl (C=O) groups is 1. The van der Waals surface area contributed by atoms with Gasteiger partial charge < -0.3 is 24.5 Å². The van der Waals surface area contributed by atoms with E-state index in [2.05, 4.69) is 21.2 Å². The fourth-order valence-electron chi connectivity index (χ4n) is 2.94. The van der Waals surface area contributed by atoms with Crippen LogP contribution in [0.2, 0.25) is 0 Å². The maximum Gasteiger partial charge on any atom is 0.242 e. The summed E-state index contributed by atoms with van der Waals surface area (Å²) in [4.78, 5) is 15.4. The van der Waals surface area contributed by atoms with Crippen molar-refractivity contribution in [2.45, 2.75) is 6.42 Å². The van der Waals surface area contributed by atoms with Crippen LogP contribution in [0.1, 0.15) is 5.56 Å². The van der Waals surface area contributed by atoms with E-state index in [1.165, 1.54) is 21.3 Å². The van der Waals surface area contributed by atoms with Crippen LogP contribution in [-0.2, 0) is 11.2 Å². The Bertz CT molecular complexity index is 1010. The average molecular weight is 414 g/mol. The number of benzene rings is 2. The highest BCUT2D eigenvalue weighted by atomic mass is 32.1. The van der Waals surface area contributed by atoms with Gasteiger partial charge in [0, 0.05) is 34.9 Å². The molecule has 4 N–H and O–H groups in total. The molecule has 1 amide bonds. The van der Waals surface area contributed by atoms with Gasteiger partial charge in [0.25, 0.3) is 0 Å². The lowest BCUT2D eigenvalue weighted by atomic mass is 10.1. The number of fused-ring (bicyclic) bond motifs is 1. The first kappa shape index (κ1) is 20.3. The maximum atomic E-state index is 12.3. The summed E-state index contributed by atoms with van der Waals surface area (Å²) in [6.07, 6.45) is 2.04. The minimum Gasteiger partial charge on any atom is -0.493 e. The first-order chi connectivity index (χ1) is 14.0. The summed E-state index contributed by atoms with van der Waals surface area (Å²) in [6, 6.07) is 11.2. The summed E-state index contributed by atoms with van der Waals surface area (Å²) in [5.41, 5.74) is 7.79. The van der Waals surface area contributed by atoms with E-state index in [1.807, 2.05) is 30.5 Å². The van der Waals surface area contributed by atoms with Crippen LogP contribution in [0.4, 0.5) is 5.69 Å². The van der Waals surface area contributed by atoms with Crippen molar-refractivity contribution in [1.82, 2.24) is 15.8 Å². The molecule has 1 heterocycles. The minimum absolute atomic E-state index is 0.212. The lowest BCUT2D eigenvalue weighted by molar-refractivity contribution is -0.120. The number of anilines is 1. The van der Waals surface area contributed by atoms with Gasteiger partial charge in [-0.05, 0) is 23.8 Å². The lowest BCUT2D eigenvalue weighted by Gasteiger charge is -2.16. The summed E-state index contributed by atoms with van der Waals surface area (Å²) >= 11 is 5.24. The van der Waals surface area contributed by atoms with Gasteiger partial charge in [0.05, 0.1) is 27.8 Å². The molecule has 0 fully saturated rings. The highest BCUT2D eigenvalue weighted by Gasteiger charge is 2.14. The molecule has 29 heavy (non-hydrogen) atoms. The van der Waals surface area contributed by atoms with Gasteiger partial charge in [-0.15, -0.1) is 0 Å². The number of hydrogen-bond donors (Lipinski definition) is 4. The van der Waals surface area contributed by atoms with Crippen LogP contribution in [0.5, 0.6) is 17.2 Å². The van der Waals surface area contributed by atoms with Crippen LogP contribution >= 0.6 is 12.2 Å². The molecule has 0 saturated heterocycles. The molecule has 1 aromatic heterocycles. The number of methoxy groups -OCH3 is 3. The van der Waals surface area contributed by atoms with Gasteiger partial charge in [0.15, 0.2) is 16.6 Å². The summed E-state index contributed by atoms with van der Waals surface area (Å²) in [6.45, 7) is 0. The molecule has 2 aromatic carbocycles. The number of nitrogens with one attached hydrogen (secondary N) is 4. The van der Waals surface area contributed by atoms with E-state index < -0.39 is 0 Å². The number of ether oxygens (including phenoxy) is 3. The van der Waals surface area contributed by atoms with Gasteiger partial charge in [-0.1, -0.05) is 18.2 Å². The van der Waals surface area contributed by atoms with E-state index >= 15 is 0 Å². The number of hydrazine groups is 1. The summed E-state index contributed by atoms with van der Waals surface area (Å²) in [5, 5.41) is 4.20. The molecule has 0 spiro atoms. The molecule has 0 saturated carbocycles. The molecule has 0 bridgehead atoms. The Morgan fingerprint density at radius 1 is 1.03 bits per heavy atom. The first-order valence-electron chi connectivity index (χ1n) is 8.76. The number of aromatic nitrogens is 1. The second kappa shape index (κ2) is 9.16. The van der Waals surface area contributed by atoms with Crippen LogP contribution in [0.25, 0.3) is 10.9 Å². The highest BCUT2D eigenvalue weighted by Crippen LogP contribution is 2.39. The number of amides is 1. The normalized spacial score (nSPS) is 10.3. The van der Waals surface area contributed by atoms with Crippen LogP contribution < -0.4 is 30.4 Å². The van der Waals surface area contributed by atoms with Crippen molar-refractivity contribution in [1.29, 1.82) is 0 Å². The third-order valence-corrected chi connectivity index (χ3v) is 4.47. The zero-order valence-corrected chi connectivity index (χ0v) is 17.1. The summed E-state index contributed by atoms with van der Waals surface area (Å²) in [7, 11) is 4.59. The van der Waals surface area contributed by atoms with Crippen molar-refractivity contribution in [3.63, 3.8) is 0 Å². The molecule has 3 rings (SSSR count). The molecule has 0 aliphatic heterocycles. The molecule has 0 unspecified atom stereocenters. The van der Waals surface area contributed by atoms with Gasteiger partial charge in [-0.25, -0.2) is 0 Å². The molecular formula is C20H22N4O4S. The van der Waals surface area contributed by atoms with Gasteiger partial charge in [0.2, 0.25) is 11.7 Å². The van der Waals surface area contributed by atoms with Crippen molar-refractivity contribution >= 4 is 39.8 Å². The molecule has 0 atom stereocenters. The molecule has 8 nitrogen and oxygen atoms in total. The molecular weight excluding hydrogens is 392 g/mol. The fourth-order valence-corrected chi connectivity index (χ4v) is 3.11. The summed E-state index contributed by atoms with van der Waals surface area (Å²) < 4.78 is 15.9. The zero-order chi connectivity index (χ0) is 20.8. The van der Waals surface area contributed by atoms with Gasteiger partial charge >= 0.3 is 0 Å². The molecule has 3 aromatic rings. The monoisotopic (exact) mass is 414 g/mol. The Morgan fingerprint density at radius 2 is 1.72 bits per heavy atom. The number of para-hydroxylation sites is 1. The smallest absolute Gasteiger partial charge is 0.242 e. The van der Waals surface area contributed by atoms with E-state index in [9.17, 15) is 4.79 Å². The number of hydrogen-bond acceptors (Lipinski definition) is 5. The topological polar surface area (TPSA) is 96.6 Å². The van der Waals surface area contributed by atoms with E-state index in [1.54, 1.807) is 12.1 Å². The van der Waals surface area contributed by atoms with Crippen LogP contribution in [0.3, 0.4) is 0 Å². The number of thiocarbonyl (C=S) groups is 1. The Labute approximate surface area is 173 Å². The van der Waals surface area contributed by atoms with Gasteiger partial charge in [-0.2, -0.15) is 0 Å². The Balaban J connectivity index is 1.59. The van der Waals surface area contributed by atoms with Crippen molar-refractivity contribution in [2.75, 3.05) is 26.6 Å². The SMILES string of the molecule is COc1cc(NC(=S)NNC(=O)Cc2c[nH]c3ccccc23)cc(OC)c1OC. The largest absolute Gasteiger partial charge is 0.493 e. The number of aromatic amines is 1. The number of H-pyrrole nitrogens is 1. The van der Waals surface area contributed by atoms with Crippen molar-refractivity contribution < 1.29 is 19.0 Å². The van der Waals surface area contributed by atoms with Gasteiger partial charge in [0.1, 0.15) is 0 Å². The maximum absolute atomic E-state index is 12.3. The first-order valence-corrected chi connectivity index (χ1v) is 9.17. The van der Waals surface area contributed by atoms with E-state index in [4.69, 9.17) is 26.4 Å². The minimum atomic E-state index is -0.219. The number of carbonyl (C=O) groups excluding carboxylic acids is 1. The quantitative estimate of drug-likeness (QED) is 0.364. The molecule has 152 valence electrons. The zero-order valence-electron chi connectivity index (χ0n) is 16.3. The third-order valence-electron chi connectivity index (χ3n) is 4.26. The average Bonchev–Trinajstić information content (AvgIpc) is 3.14. The second-order valence-corrected chi connectivity index (χ2v) is 6.49. The highest BCUT2D eigenvalue weighted by molar-refractivity contribution is 7.80. The summed E-state index contributed by atoms with van der Waals surface area (Å²) in [5.74, 6) is 1.23. The van der Waals surface area contributed by atoms with E-state index in [0.717, 1.165) is 16.5 Å². The standard InChI is InChI=1S/C20H22N4O4S/c1-26-16-9-13(10-17(27-2)19(16)28-3)22-20(29)24-23-18(25)8-12-11-21-15-7-5-4-6-14(12)15/h4-7,9-11,21H,8H2,1-3H3,(H,23,25)(H2,22,24,29). The van der Waals surface area contributed by atoms with Gasteiger partial charge in [-0.3, -0.25) is 15.6 Å². The van der Waals surface area contributed by atoms with Crippen molar-refractivity contribution in [3.05, 3.63) is 48.2 Å². The Morgan fingerprint density at radius 3 is 2.38 bits per heavy atom. The fraction of sp³-hybridized carbons (Fsp3) is 0.200. The van der Waals surface area contributed by atoms with Crippen molar-refractivity contribution in [2.24, 2.45) is 0 Å². The number of rotatable bonds is 6. The Hall–Kier alpha value is -3.46. The molecule has 0 aliphatic carbocycles. The van der Waals surface area contributed by atoms with E-state index in [-0.39, 0.29) is 17.4 Å². The molecule has 9 heteroatoms. The molecule has 0 radical (unpaired) electrons. The Kier molecular flexibility index (Phi) is 6.40. The third kappa shape index (κ3) is 4.69.